The molecule has 9 heteroatoms. The van der Waals surface area contributed by atoms with Crippen LogP contribution in [0.5, 0.6) is 5.75 Å². The number of hydrogen-bond acceptors (Lipinski definition) is 6. The molecule has 0 spiro atoms. The van der Waals surface area contributed by atoms with E-state index >= 15 is 0 Å². The van der Waals surface area contributed by atoms with Gasteiger partial charge in [0.25, 0.3) is 10.1 Å². The quantitative estimate of drug-likeness (QED) is 0.505. The smallest absolute Gasteiger partial charge is 0.295 e. The highest BCUT2D eigenvalue weighted by atomic mass is 32.2. The van der Waals surface area contributed by atoms with Crippen molar-refractivity contribution >= 4 is 32.5 Å². The predicted molar refractivity (Wildman–Crippen MR) is 78.2 cm³/mol. The van der Waals surface area contributed by atoms with Crippen molar-refractivity contribution in [2.45, 2.75) is 4.90 Å². The van der Waals surface area contributed by atoms with Crippen molar-refractivity contribution in [3.05, 3.63) is 42.7 Å². The third-order valence-corrected chi connectivity index (χ3v) is 3.86. The lowest BCUT2D eigenvalue weighted by Crippen LogP contribution is -1.99. The molecule has 3 rings (SSSR count). The molecule has 0 atom stereocenters. The molecule has 0 saturated carbocycles. The van der Waals surface area contributed by atoms with Crippen molar-refractivity contribution in [3.63, 3.8) is 0 Å². The number of hydrogen-bond donors (Lipinski definition) is 3. The highest BCUT2D eigenvalue weighted by molar-refractivity contribution is 7.86. The number of nitrogens with one attached hydrogen (secondary N) is 1. The summed E-state index contributed by atoms with van der Waals surface area (Å²) in [6.07, 6.45) is 3.06. The molecule has 3 N–H and O–H groups in total. The molecule has 3 aromatic rings. The number of azo groups is 1. The monoisotopic (exact) mass is 318 g/mol. The second-order valence-electron chi connectivity index (χ2n) is 4.38. The van der Waals surface area contributed by atoms with Gasteiger partial charge in [-0.05, 0) is 0 Å². The summed E-state index contributed by atoms with van der Waals surface area (Å²) >= 11 is 0. The number of rotatable bonds is 3. The van der Waals surface area contributed by atoms with Gasteiger partial charge >= 0.3 is 0 Å². The standard InChI is InChI=1S/C13H10N4O4S/c18-10-7-11(22(19,20)21)8-3-1-2-4-9(8)12(10)16-17-13-14-5-6-15-13/h1-7,18H,(H,14,15)(H,19,20,21)/b17-16+. The van der Waals surface area contributed by atoms with Crippen LogP contribution in [-0.4, -0.2) is 28.0 Å². The molecule has 0 radical (unpaired) electrons. The Labute approximate surface area is 124 Å². The van der Waals surface area contributed by atoms with E-state index in [1.807, 2.05) is 0 Å². The lowest BCUT2D eigenvalue weighted by Gasteiger charge is -2.08. The van der Waals surface area contributed by atoms with Gasteiger partial charge in [0.15, 0.2) is 0 Å². The number of H-pyrrole nitrogens is 1. The molecule has 0 saturated heterocycles. The first kappa shape index (κ1) is 14.2. The van der Waals surface area contributed by atoms with Crippen molar-refractivity contribution in [1.29, 1.82) is 0 Å². The van der Waals surface area contributed by atoms with Crippen molar-refractivity contribution in [2.24, 2.45) is 10.2 Å². The number of benzene rings is 2. The molecule has 2 aromatic carbocycles. The Morgan fingerprint density at radius 2 is 1.86 bits per heavy atom. The van der Waals surface area contributed by atoms with Crippen LogP contribution in [0.4, 0.5) is 11.6 Å². The Hall–Kier alpha value is -2.78. The average Bonchev–Trinajstić information content (AvgIpc) is 2.98. The van der Waals surface area contributed by atoms with Crippen molar-refractivity contribution in [2.75, 3.05) is 0 Å². The first-order chi connectivity index (χ1) is 10.5. The summed E-state index contributed by atoms with van der Waals surface area (Å²) in [5.74, 6) is -0.177. The highest BCUT2D eigenvalue weighted by Gasteiger charge is 2.19. The van der Waals surface area contributed by atoms with Crippen LogP contribution in [0, 0.1) is 0 Å². The van der Waals surface area contributed by atoms with E-state index in [1.165, 1.54) is 12.3 Å². The SMILES string of the molecule is O=S(=O)(O)c1cc(O)c(/N=N/c2ncc[nH]2)c2ccccc12. The minimum absolute atomic E-state index is 0.0828. The Morgan fingerprint density at radius 1 is 1.14 bits per heavy atom. The first-order valence-corrected chi connectivity index (χ1v) is 7.54. The number of phenols is 1. The average molecular weight is 318 g/mol. The number of nitrogens with zero attached hydrogens (tertiary/aromatic N) is 3. The molecule has 0 fully saturated rings. The maximum Gasteiger partial charge on any atom is 0.295 e. The second kappa shape index (κ2) is 5.20. The molecule has 0 amide bonds. The van der Waals surface area contributed by atoms with E-state index in [9.17, 15) is 18.1 Å². The van der Waals surface area contributed by atoms with E-state index in [2.05, 4.69) is 20.2 Å². The summed E-state index contributed by atoms with van der Waals surface area (Å²) in [6.45, 7) is 0. The lowest BCUT2D eigenvalue weighted by molar-refractivity contribution is 0.468. The molecule has 22 heavy (non-hydrogen) atoms. The van der Waals surface area contributed by atoms with Crippen LogP contribution < -0.4 is 0 Å². The predicted octanol–water partition coefficient (Wildman–Crippen LogP) is 2.93. The van der Waals surface area contributed by atoms with Gasteiger partial charge in [0.2, 0.25) is 5.95 Å². The molecular formula is C13H10N4O4S. The van der Waals surface area contributed by atoms with Gasteiger partial charge in [0.1, 0.15) is 16.3 Å². The fourth-order valence-electron chi connectivity index (χ4n) is 2.04. The summed E-state index contributed by atoms with van der Waals surface area (Å²) in [6, 6.07) is 7.28. The van der Waals surface area contributed by atoms with Crippen LogP contribution in [0.3, 0.4) is 0 Å². The summed E-state index contributed by atoms with van der Waals surface area (Å²) in [7, 11) is -4.48. The van der Waals surface area contributed by atoms with Gasteiger partial charge in [-0.15, -0.1) is 10.2 Å². The Balaban J connectivity index is 2.26. The first-order valence-electron chi connectivity index (χ1n) is 6.10. The van der Waals surface area contributed by atoms with Crippen molar-refractivity contribution in [1.82, 2.24) is 9.97 Å². The molecule has 1 heterocycles. The van der Waals surface area contributed by atoms with Crippen LogP contribution in [0.1, 0.15) is 0 Å². The highest BCUT2D eigenvalue weighted by Crippen LogP contribution is 2.39. The summed E-state index contributed by atoms with van der Waals surface area (Å²) in [5, 5.41) is 18.3. The van der Waals surface area contributed by atoms with Crippen LogP contribution in [0.15, 0.2) is 57.8 Å². The van der Waals surface area contributed by atoms with Gasteiger partial charge in [0, 0.05) is 29.2 Å². The summed E-state index contributed by atoms with van der Waals surface area (Å²) in [5.41, 5.74) is 0.0828. The van der Waals surface area contributed by atoms with E-state index in [0.717, 1.165) is 6.07 Å². The van der Waals surface area contributed by atoms with Crippen LogP contribution in [0.2, 0.25) is 0 Å². The third-order valence-electron chi connectivity index (χ3n) is 2.96. The third kappa shape index (κ3) is 2.54. The fraction of sp³-hybridized carbons (Fsp3) is 0. The van der Waals surface area contributed by atoms with Gasteiger partial charge in [-0.1, -0.05) is 24.3 Å². The number of fused-ring (bicyclic) bond motifs is 1. The zero-order valence-corrected chi connectivity index (χ0v) is 11.8. The number of imidazole rings is 1. The molecule has 0 aliphatic rings. The number of phenolic OH excluding ortho intramolecular Hbond substituents is 1. The van der Waals surface area contributed by atoms with Gasteiger partial charge in [-0.3, -0.25) is 4.55 Å². The minimum Gasteiger partial charge on any atom is -0.506 e. The lowest BCUT2D eigenvalue weighted by atomic mass is 10.1. The van der Waals surface area contributed by atoms with Gasteiger partial charge in [-0.2, -0.15) is 8.42 Å². The van der Waals surface area contributed by atoms with Gasteiger partial charge in [-0.25, -0.2) is 4.98 Å². The van der Waals surface area contributed by atoms with E-state index in [4.69, 9.17) is 0 Å². The van der Waals surface area contributed by atoms with Gasteiger partial charge < -0.3 is 10.1 Å². The Kier molecular flexibility index (Phi) is 3.35. The molecule has 0 unspecified atom stereocenters. The zero-order valence-electron chi connectivity index (χ0n) is 11.0. The fourth-order valence-corrected chi connectivity index (χ4v) is 2.76. The maximum absolute atomic E-state index is 11.4. The van der Waals surface area contributed by atoms with Crippen molar-refractivity contribution in [3.8, 4) is 5.75 Å². The van der Waals surface area contributed by atoms with E-state index in [-0.39, 0.29) is 17.0 Å². The number of aromatic hydroxyl groups is 1. The van der Waals surface area contributed by atoms with E-state index in [0.29, 0.717) is 5.39 Å². The molecule has 1 aromatic heterocycles. The second-order valence-corrected chi connectivity index (χ2v) is 5.77. The van der Waals surface area contributed by atoms with E-state index < -0.39 is 20.8 Å². The van der Waals surface area contributed by atoms with Crippen LogP contribution >= 0.6 is 0 Å². The molecule has 0 bridgehead atoms. The Bertz CT molecular complexity index is 965. The minimum atomic E-state index is -4.48. The number of aromatic amines is 1. The largest absolute Gasteiger partial charge is 0.506 e. The molecule has 8 nitrogen and oxygen atoms in total. The Morgan fingerprint density at radius 3 is 2.50 bits per heavy atom. The normalized spacial score (nSPS) is 12.2. The zero-order chi connectivity index (χ0) is 15.7. The molecule has 0 aliphatic heterocycles. The van der Waals surface area contributed by atoms with Crippen LogP contribution in [0.25, 0.3) is 10.8 Å². The number of aromatic nitrogens is 2. The van der Waals surface area contributed by atoms with Crippen LogP contribution in [-0.2, 0) is 10.1 Å². The molecule has 112 valence electrons. The van der Waals surface area contributed by atoms with Crippen molar-refractivity contribution < 1.29 is 18.1 Å². The molecule has 0 aliphatic carbocycles. The summed E-state index contributed by atoms with van der Waals surface area (Å²) in [4.78, 5) is 6.19. The molecular weight excluding hydrogens is 308 g/mol. The topological polar surface area (TPSA) is 128 Å². The van der Waals surface area contributed by atoms with E-state index in [1.54, 1.807) is 24.4 Å². The maximum atomic E-state index is 11.4. The summed E-state index contributed by atoms with van der Waals surface area (Å²) < 4.78 is 32.1. The van der Waals surface area contributed by atoms with Gasteiger partial charge in [0.05, 0.1) is 0 Å².